The molecule has 0 aromatic heterocycles. The molecule has 20 heavy (non-hydrogen) atoms. The van der Waals surface area contributed by atoms with Crippen LogP contribution in [0, 0.1) is 31.6 Å². The number of aryl methyl sites for hydroxylation is 2. The Morgan fingerprint density at radius 1 is 1.00 bits per heavy atom. The molecule has 0 saturated heterocycles. The molecule has 2 aliphatic rings. The Bertz CT molecular complexity index is 465. The third kappa shape index (κ3) is 2.91. The molecule has 0 spiro atoms. The largest absolute Gasteiger partial charge is 0.118 e. The van der Waals surface area contributed by atoms with Gasteiger partial charge in [-0.25, -0.2) is 0 Å². The molecule has 0 radical (unpaired) electrons. The molecular formula is C19H27Cl. The van der Waals surface area contributed by atoms with Gasteiger partial charge < -0.3 is 0 Å². The van der Waals surface area contributed by atoms with Crippen molar-refractivity contribution in [3.8, 4) is 0 Å². The van der Waals surface area contributed by atoms with Crippen molar-refractivity contribution >= 4 is 11.6 Å². The Labute approximate surface area is 128 Å². The molecule has 1 heteroatoms. The molecule has 1 aromatic rings. The van der Waals surface area contributed by atoms with Crippen molar-refractivity contribution in [3.05, 3.63) is 34.9 Å². The van der Waals surface area contributed by atoms with Gasteiger partial charge in [-0.05, 0) is 62.0 Å². The number of hydrogen-bond donors (Lipinski definition) is 0. The highest BCUT2D eigenvalue weighted by molar-refractivity contribution is 6.21. The summed E-state index contributed by atoms with van der Waals surface area (Å²) in [4.78, 5) is 0. The molecule has 1 aromatic carbocycles. The molecule has 0 N–H and O–H groups in total. The zero-order chi connectivity index (χ0) is 14.1. The summed E-state index contributed by atoms with van der Waals surface area (Å²) in [5.41, 5.74) is 4.08. The normalized spacial score (nSPS) is 31.6. The fourth-order valence-electron chi connectivity index (χ4n) is 4.49. The van der Waals surface area contributed by atoms with Gasteiger partial charge in [-0.1, -0.05) is 49.4 Å². The maximum atomic E-state index is 6.89. The second-order valence-electron chi connectivity index (χ2n) is 7.14. The summed E-state index contributed by atoms with van der Waals surface area (Å²) in [7, 11) is 0. The van der Waals surface area contributed by atoms with E-state index in [1.54, 1.807) is 0 Å². The summed E-state index contributed by atoms with van der Waals surface area (Å²) >= 11 is 6.89. The second kappa shape index (κ2) is 6.10. The van der Waals surface area contributed by atoms with Gasteiger partial charge in [-0.2, -0.15) is 0 Å². The number of hydrogen-bond acceptors (Lipinski definition) is 0. The van der Waals surface area contributed by atoms with Gasteiger partial charge in [0.25, 0.3) is 0 Å². The minimum atomic E-state index is 0.220. The van der Waals surface area contributed by atoms with Gasteiger partial charge in [0.05, 0.1) is 5.38 Å². The minimum Gasteiger partial charge on any atom is -0.118 e. The predicted octanol–water partition coefficient (Wildman–Crippen LogP) is 6.19. The smallest absolute Gasteiger partial charge is 0.0616 e. The van der Waals surface area contributed by atoms with E-state index < -0.39 is 0 Å². The summed E-state index contributed by atoms with van der Waals surface area (Å²) in [6.07, 6.45) is 9.97. The van der Waals surface area contributed by atoms with Crippen LogP contribution in [0.2, 0.25) is 0 Å². The first-order valence-electron chi connectivity index (χ1n) is 8.36. The third-order valence-electron chi connectivity index (χ3n) is 5.73. The van der Waals surface area contributed by atoms with Crippen LogP contribution in [-0.4, -0.2) is 0 Å². The van der Waals surface area contributed by atoms with E-state index in [-0.39, 0.29) is 5.38 Å². The lowest BCUT2D eigenvalue weighted by atomic mass is 9.66. The van der Waals surface area contributed by atoms with Crippen molar-refractivity contribution in [2.24, 2.45) is 17.8 Å². The summed E-state index contributed by atoms with van der Waals surface area (Å²) in [5, 5.41) is 0.220. The van der Waals surface area contributed by atoms with Crippen molar-refractivity contribution in [2.45, 2.75) is 64.2 Å². The lowest BCUT2D eigenvalue weighted by molar-refractivity contribution is 0.127. The zero-order valence-corrected chi connectivity index (χ0v) is 13.6. The monoisotopic (exact) mass is 290 g/mol. The zero-order valence-electron chi connectivity index (χ0n) is 12.9. The van der Waals surface area contributed by atoms with Gasteiger partial charge in [0, 0.05) is 0 Å². The first-order valence-corrected chi connectivity index (χ1v) is 8.80. The maximum absolute atomic E-state index is 6.89. The topological polar surface area (TPSA) is 0 Å². The predicted molar refractivity (Wildman–Crippen MR) is 87.3 cm³/mol. The van der Waals surface area contributed by atoms with Crippen LogP contribution in [0.1, 0.15) is 67.0 Å². The van der Waals surface area contributed by atoms with Crippen LogP contribution in [0.5, 0.6) is 0 Å². The second-order valence-corrected chi connectivity index (χ2v) is 7.61. The molecule has 0 amide bonds. The van der Waals surface area contributed by atoms with Crippen LogP contribution in [0.4, 0.5) is 0 Å². The molecule has 3 rings (SSSR count). The van der Waals surface area contributed by atoms with E-state index >= 15 is 0 Å². The number of halogens is 1. The average Bonchev–Trinajstić information content (AvgIpc) is 2.48. The first-order chi connectivity index (χ1) is 9.65. The molecule has 0 bridgehead atoms. The fourth-order valence-corrected chi connectivity index (χ4v) is 4.95. The van der Waals surface area contributed by atoms with Crippen LogP contribution in [0.25, 0.3) is 0 Å². The van der Waals surface area contributed by atoms with Gasteiger partial charge in [-0.15, -0.1) is 11.6 Å². The van der Waals surface area contributed by atoms with E-state index in [9.17, 15) is 0 Å². The van der Waals surface area contributed by atoms with Crippen LogP contribution in [-0.2, 0) is 0 Å². The highest BCUT2D eigenvalue weighted by Crippen LogP contribution is 2.48. The van der Waals surface area contributed by atoms with Crippen molar-refractivity contribution in [1.82, 2.24) is 0 Å². The molecule has 4 atom stereocenters. The van der Waals surface area contributed by atoms with Crippen LogP contribution >= 0.6 is 11.6 Å². The molecule has 2 saturated carbocycles. The van der Waals surface area contributed by atoms with Gasteiger partial charge in [-0.3, -0.25) is 0 Å². The SMILES string of the molecule is Cc1ccc(C)c(C(Cl)C2CCC3CCCCC3C2)c1. The Balaban J connectivity index is 1.74. The van der Waals surface area contributed by atoms with Crippen molar-refractivity contribution in [3.63, 3.8) is 0 Å². The lowest BCUT2D eigenvalue weighted by Crippen LogP contribution is -2.29. The van der Waals surface area contributed by atoms with E-state index in [0.717, 1.165) is 11.8 Å². The van der Waals surface area contributed by atoms with Gasteiger partial charge >= 0.3 is 0 Å². The number of alkyl halides is 1. The van der Waals surface area contributed by atoms with Gasteiger partial charge in [0.2, 0.25) is 0 Å². The molecule has 0 heterocycles. The Kier molecular flexibility index (Phi) is 4.40. The quantitative estimate of drug-likeness (QED) is 0.570. The molecule has 0 nitrogen and oxygen atoms in total. The molecule has 110 valence electrons. The van der Waals surface area contributed by atoms with Gasteiger partial charge in [0.15, 0.2) is 0 Å². The first kappa shape index (κ1) is 14.4. The molecule has 2 aliphatic carbocycles. The highest BCUT2D eigenvalue weighted by atomic mass is 35.5. The van der Waals surface area contributed by atoms with E-state index in [0.29, 0.717) is 5.92 Å². The summed E-state index contributed by atoms with van der Waals surface area (Å²) in [6, 6.07) is 6.73. The van der Waals surface area contributed by atoms with E-state index in [1.807, 2.05) is 0 Å². The van der Waals surface area contributed by atoms with E-state index in [2.05, 4.69) is 32.0 Å². The third-order valence-corrected chi connectivity index (χ3v) is 6.32. The minimum absolute atomic E-state index is 0.220. The summed E-state index contributed by atoms with van der Waals surface area (Å²) < 4.78 is 0. The van der Waals surface area contributed by atoms with Crippen LogP contribution in [0.15, 0.2) is 18.2 Å². The van der Waals surface area contributed by atoms with Crippen molar-refractivity contribution < 1.29 is 0 Å². The molecule has 0 aliphatic heterocycles. The average molecular weight is 291 g/mol. The number of fused-ring (bicyclic) bond motifs is 1. The van der Waals surface area contributed by atoms with E-state index in [4.69, 9.17) is 11.6 Å². The van der Waals surface area contributed by atoms with E-state index in [1.165, 1.54) is 61.6 Å². The fraction of sp³-hybridized carbons (Fsp3) is 0.684. The van der Waals surface area contributed by atoms with Crippen molar-refractivity contribution in [1.29, 1.82) is 0 Å². The highest BCUT2D eigenvalue weighted by Gasteiger charge is 2.35. The number of rotatable bonds is 2. The summed E-state index contributed by atoms with van der Waals surface area (Å²) in [6.45, 7) is 4.38. The Morgan fingerprint density at radius 3 is 2.55 bits per heavy atom. The Hall–Kier alpha value is -0.490. The lowest BCUT2D eigenvalue weighted by Gasteiger charge is -2.41. The maximum Gasteiger partial charge on any atom is 0.0616 e. The Morgan fingerprint density at radius 2 is 1.75 bits per heavy atom. The van der Waals surface area contributed by atoms with Gasteiger partial charge in [0.1, 0.15) is 0 Å². The van der Waals surface area contributed by atoms with Crippen molar-refractivity contribution in [2.75, 3.05) is 0 Å². The van der Waals surface area contributed by atoms with Crippen LogP contribution < -0.4 is 0 Å². The standard InChI is InChI=1S/C19H27Cl/c1-13-7-8-14(2)18(11-13)19(20)17-10-9-15-5-3-4-6-16(15)12-17/h7-8,11,15-17,19H,3-6,9-10,12H2,1-2H3. The summed E-state index contributed by atoms with van der Waals surface area (Å²) in [5.74, 6) is 2.67. The molecule has 2 fully saturated rings. The molecule has 4 unspecified atom stereocenters. The number of benzene rings is 1. The van der Waals surface area contributed by atoms with Crippen LogP contribution in [0.3, 0.4) is 0 Å². The molecular weight excluding hydrogens is 264 g/mol.